The smallest absolute Gasteiger partial charge is 0.413 e. The van der Waals surface area contributed by atoms with Gasteiger partial charge in [0.1, 0.15) is 18.0 Å². The largest absolute Gasteiger partial charge is 0.492 e. The predicted octanol–water partition coefficient (Wildman–Crippen LogP) is 5.45. The molecule has 34 heavy (non-hydrogen) atoms. The van der Waals surface area contributed by atoms with Gasteiger partial charge in [0.2, 0.25) is 0 Å². The summed E-state index contributed by atoms with van der Waals surface area (Å²) in [5.41, 5.74) is 3.22. The highest BCUT2D eigenvalue weighted by Crippen LogP contribution is 2.29. The molecule has 0 radical (unpaired) electrons. The van der Waals surface area contributed by atoms with Gasteiger partial charge in [-0.25, -0.2) is 9.78 Å². The van der Waals surface area contributed by atoms with Gasteiger partial charge < -0.3 is 19.7 Å². The number of carbonyl (C=O) groups is 2. The van der Waals surface area contributed by atoms with Crippen molar-refractivity contribution in [1.29, 1.82) is 0 Å². The van der Waals surface area contributed by atoms with Gasteiger partial charge in [-0.05, 0) is 90.2 Å². The highest BCUT2D eigenvalue weighted by atomic mass is 32.1. The van der Waals surface area contributed by atoms with E-state index in [2.05, 4.69) is 20.5 Å². The third kappa shape index (κ3) is 6.91. The number of anilines is 2. The number of aromatic nitrogens is 1. The van der Waals surface area contributed by atoms with Gasteiger partial charge in [-0.2, -0.15) is 0 Å². The number of fused-ring (bicyclic) bond motifs is 1. The Morgan fingerprint density at radius 1 is 1.06 bits per heavy atom. The first-order valence-electron chi connectivity index (χ1n) is 11.0. The number of aryl methyl sites for hydroxylation is 2. The standard InChI is InChI=1S/C25H32N4O4S/c1-15-12-18(32-11-10-29(6)7)13-16(2)21(15)27-22(30)17-8-9-19-20(14-17)34-23(26-19)28-24(31)33-25(3,4)5/h8-9,12-14H,10-11H2,1-7H3,(H,27,30)(H,26,28,31). The third-order valence-electron chi connectivity index (χ3n) is 4.81. The first-order chi connectivity index (χ1) is 15.9. The molecular formula is C25H32N4O4S. The number of thiazole rings is 1. The molecule has 0 saturated heterocycles. The second kappa shape index (κ2) is 10.4. The maximum atomic E-state index is 13.0. The van der Waals surface area contributed by atoms with E-state index in [1.165, 1.54) is 11.3 Å². The minimum atomic E-state index is -0.598. The van der Waals surface area contributed by atoms with Crippen LogP contribution in [-0.2, 0) is 4.74 Å². The molecule has 0 aliphatic rings. The fraction of sp³-hybridized carbons (Fsp3) is 0.400. The van der Waals surface area contributed by atoms with Crippen LogP contribution in [0.5, 0.6) is 5.75 Å². The van der Waals surface area contributed by atoms with E-state index >= 15 is 0 Å². The van der Waals surface area contributed by atoms with Gasteiger partial charge in [0, 0.05) is 17.8 Å². The Kier molecular flexibility index (Phi) is 7.78. The molecule has 1 aromatic heterocycles. The van der Waals surface area contributed by atoms with Gasteiger partial charge in [-0.3, -0.25) is 10.1 Å². The average molecular weight is 485 g/mol. The minimum Gasteiger partial charge on any atom is -0.492 e. The molecule has 0 saturated carbocycles. The Bertz CT molecular complexity index is 1170. The summed E-state index contributed by atoms with van der Waals surface area (Å²) in [5, 5.41) is 6.08. The van der Waals surface area contributed by atoms with Crippen molar-refractivity contribution in [3.8, 4) is 5.75 Å². The normalized spacial score (nSPS) is 11.5. The fourth-order valence-corrected chi connectivity index (χ4v) is 4.14. The van der Waals surface area contributed by atoms with Crippen LogP contribution in [0.3, 0.4) is 0 Å². The number of nitrogens with one attached hydrogen (secondary N) is 2. The van der Waals surface area contributed by atoms with Crippen LogP contribution >= 0.6 is 11.3 Å². The lowest BCUT2D eigenvalue weighted by Crippen LogP contribution is -2.27. The summed E-state index contributed by atoms with van der Waals surface area (Å²) in [5.74, 6) is 0.565. The lowest BCUT2D eigenvalue weighted by Gasteiger charge is -2.18. The van der Waals surface area contributed by atoms with Crippen LogP contribution in [0.4, 0.5) is 15.6 Å². The molecule has 3 aromatic rings. The molecule has 2 aromatic carbocycles. The summed E-state index contributed by atoms with van der Waals surface area (Å²) in [6.07, 6.45) is -0.565. The second-order valence-corrected chi connectivity index (χ2v) is 10.4. The van der Waals surface area contributed by atoms with E-state index in [0.717, 1.165) is 33.8 Å². The zero-order chi connectivity index (χ0) is 25.0. The number of likely N-dealkylation sites (N-methyl/N-ethyl adjacent to an activating group) is 1. The van der Waals surface area contributed by atoms with Crippen molar-refractivity contribution >= 4 is 44.4 Å². The van der Waals surface area contributed by atoms with Crippen LogP contribution in [0.25, 0.3) is 10.2 Å². The number of ether oxygens (including phenoxy) is 2. The van der Waals surface area contributed by atoms with Gasteiger partial charge in [0.25, 0.3) is 5.91 Å². The molecular weight excluding hydrogens is 452 g/mol. The van der Waals surface area contributed by atoms with Crippen molar-refractivity contribution in [2.75, 3.05) is 37.9 Å². The molecule has 8 nitrogen and oxygen atoms in total. The Morgan fingerprint density at radius 2 is 1.74 bits per heavy atom. The molecule has 182 valence electrons. The molecule has 0 atom stereocenters. The van der Waals surface area contributed by atoms with E-state index in [1.807, 2.05) is 40.1 Å². The summed E-state index contributed by atoms with van der Waals surface area (Å²) in [4.78, 5) is 31.5. The molecule has 3 rings (SSSR count). The Morgan fingerprint density at radius 3 is 2.35 bits per heavy atom. The minimum absolute atomic E-state index is 0.218. The third-order valence-corrected chi connectivity index (χ3v) is 5.74. The Labute approximate surface area is 204 Å². The first kappa shape index (κ1) is 25.5. The highest BCUT2D eigenvalue weighted by molar-refractivity contribution is 7.22. The van der Waals surface area contributed by atoms with Crippen molar-refractivity contribution < 1.29 is 19.1 Å². The molecule has 0 aliphatic heterocycles. The molecule has 2 amide bonds. The van der Waals surface area contributed by atoms with Gasteiger partial charge in [-0.1, -0.05) is 11.3 Å². The van der Waals surface area contributed by atoms with E-state index in [9.17, 15) is 9.59 Å². The van der Waals surface area contributed by atoms with E-state index < -0.39 is 11.7 Å². The summed E-state index contributed by atoms with van der Waals surface area (Å²) < 4.78 is 11.9. The van der Waals surface area contributed by atoms with Crippen LogP contribution in [0.1, 0.15) is 42.3 Å². The zero-order valence-corrected chi connectivity index (χ0v) is 21.6. The molecule has 2 N–H and O–H groups in total. The average Bonchev–Trinajstić information content (AvgIpc) is 3.10. The fourth-order valence-electron chi connectivity index (χ4n) is 3.25. The van der Waals surface area contributed by atoms with Gasteiger partial charge in [-0.15, -0.1) is 0 Å². The SMILES string of the molecule is Cc1cc(OCCN(C)C)cc(C)c1NC(=O)c1ccc2nc(NC(=O)OC(C)(C)C)sc2c1. The number of hydrogen-bond acceptors (Lipinski definition) is 7. The van der Waals surface area contributed by atoms with Crippen LogP contribution in [0.2, 0.25) is 0 Å². The van der Waals surface area contributed by atoms with Crippen molar-refractivity contribution in [2.45, 2.75) is 40.2 Å². The van der Waals surface area contributed by atoms with Gasteiger partial charge in [0.15, 0.2) is 5.13 Å². The van der Waals surface area contributed by atoms with Crippen LogP contribution in [0.15, 0.2) is 30.3 Å². The number of amides is 2. The maximum Gasteiger partial charge on any atom is 0.413 e. The monoisotopic (exact) mass is 484 g/mol. The van der Waals surface area contributed by atoms with Crippen molar-refractivity contribution in [2.24, 2.45) is 0 Å². The van der Waals surface area contributed by atoms with Crippen molar-refractivity contribution in [1.82, 2.24) is 9.88 Å². The molecule has 0 spiro atoms. The lowest BCUT2D eigenvalue weighted by atomic mass is 10.1. The van der Waals surface area contributed by atoms with Gasteiger partial charge in [0.05, 0.1) is 10.2 Å². The second-order valence-electron chi connectivity index (χ2n) is 9.37. The molecule has 1 heterocycles. The van der Waals surface area contributed by atoms with E-state index in [-0.39, 0.29) is 5.91 Å². The molecule has 0 aliphatic carbocycles. The van der Waals surface area contributed by atoms with Crippen molar-refractivity contribution in [3.63, 3.8) is 0 Å². The van der Waals surface area contributed by atoms with E-state index in [0.29, 0.717) is 22.8 Å². The maximum absolute atomic E-state index is 13.0. The zero-order valence-electron chi connectivity index (χ0n) is 20.7. The predicted molar refractivity (Wildman–Crippen MR) is 137 cm³/mol. The summed E-state index contributed by atoms with van der Waals surface area (Å²) >= 11 is 1.28. The Balaban J connectivity index is 1.71. The molecule has 0 fully saturated rings. The van der Waals surface area contributed by atoms with E-state index in [4.69, 9.17) is 9.47 Å². The summed E-state index contributed by atoms with van der Waals surface area (Å²) in [7, 11) is 4.00. The van der Waals surface area contributed by atoms with E-state index in [1.54, 1.807) is 39.0 Å². The van der Waals surface area contributed by atoms with Crippen LogP contribution in [-0.4, -0.2) is 54.7 Å². The topological polar surface area (TPSA) is 92.8 Å². The first-order valence-corrected chi connectivity index (χ1v) is 11.8. The lowest BCUT2D eigenvalue weighted by molar-refractivity contribution is 0.0635. The Hall–Kier alpha value is -3.17. The van der Waals surface area contributed by atoms with Crippen molar-refractivity contribution in [3.05, 3.63) is 47.0 Å². The number of rotatable bonds is 7. The number of carbonyl (C=O) groups excluding carboxylic acids is 2. The van der Waals surface area contributed by atoms with Crippen LogP contribution < -0.4 is 15.4 Å². The number of benzene rings is 2. The summed E-state index contributed by atoms with van der Waals surface area (Å²) in [6.45, 7) is 10.7. The number of nitrogens with zero attached hydrogens (tertiary/aromatic N) is 2. The quantitative estimate of drug-likeness (QED) is 0.463. The molecule has 9 heteroatoms. The van der Waals surface area contributed by atoms with Crippen LogP contribution in [0, 0.1) is 13.8 Å². The molecule has 0 bridgehead atoms. The number of hydrogen-bond donors (Lipinski definition) is 2. The summed E-state index contributed by atoms with van der Waals surface area (Å²) in [6, 6.07) is 9.12. The molecule has 0 unspecified atom stereocenters. The van der Waals surface area contributed by atoms with Gasteiger partial charge >= 0.3 is 6.09 Å². The highest BCUT2D eigenvalue weighted by Gasteiger charge is 2.18.